The molecule has 2 aliphatic heterocycles. The van der Waals surface area contributed by atoms with Crippen LogP contribution in [-0.2, 0) is 16.1 Å². The van der Waals surface area contributed by atoms with Crippen molar-refractivity contribution in [3.63, 3.8) is 0 Å². The minimum absolute atomic E-state index is 0.0618. The van der Waals surface area contributed by atoms with E-state index in [0.29, 0.717) is 39.0 Å². The Morgan fingerprint density at radius 2 is 1.92 bits per heavy atom. The molecule has 0 radical (unpaired) electrons. The summed E-state index contributed by atoms with van der Waals surface area (Å²) in [4.78, 5) is 39.3. The molecule has 7 heteroatoms. The molecule has 1 aromatic carbocycles. The Bertz CT molecular complexity index is 649. The predicted octanol–water partition coefficient (Wildman–Crippen LogP) is 1.10. The van der Waals surface area contributed by atoms with Crippen molar-refractivity contribution < 1.29 is 14.4 Å². The third-order valence-corrected chi connectivity index (χ3v) is 4.83. The van der Waals surface area contributed by atoms with Crippen LogP contribution in [0.2, 0.25) is 0 Å². The molecule has 0 saturated carbocycles. The highest BCUT2D eigenvalue weighted by Crippen LogP contribution is 2.15. The zero-order valence-electron chi connectivity index (χ0n) is 14.9. The van der Waals surface area contributed by atoms with Gasteiger partial charge in [-0.2, -0.15) is 0 Å². The van der Waals surface area contributed by atoms with Crippen LogP contribution in [0.4, 0.5) is 4.79 Å². The summed E-state index contributed by atoms with van der Waals surface area (Å²) in [6.07, 6.45) is 2.65. The molecule has 2 fully saturated rings. The van der Waals surface area contributed by atoms with Crippen molar-refractivity contribution in [2.45, 2.75) is 38.3 Å². The molecule has 1 unspecified atom stereocenters. The fourth-order valence-electron chi connectivity index (χ4n) is 3.47. The molecule has 3 rings (SSSR count). The van der Waals surface area contributed by atoms with E-state index in [0.717, 1.165) is 24.9 Å². The van der Waals surface area contributed by atoms with Crippen LogP contribution in [0, 0.1) is 0 Å². The number of nitrogens with one attached hydrogen (secondary N) is 2. The van der Waals surface area contributed by atoms with E-state index >= 15 is 0 Å². The van der Waals surface area contributed by atoms with Gasteiger partial charge < -0.3 is 20.4 Å². The zero-order valence-corrected chi connectivity index (χ0v) is 14.9. The van der Waals surface area contributed by atoms with Crippen LogP contribution in [0.25, 0.3) is 0 Å². The first kappa shape index (κ1) is 18.2. The van der Waals surface area contributed by atoms with Gasteiger partial charge in [0.2, 0.25) is 11.8 Å². The predicted molar refractivity (Wildman–Crippen MR) is 97.2 cm³/mol. The van der Waals surface area contributed by atoms with E-state index in [-0.39, 0.29) is 23.9 Å². The first-order chi connectivity index (χ1) is 12.6. The van der Waals surface area contributed by atoms with Crippen molar-refractivity contribution in [3.8, 4) is 0 Å². The van der Waals surface area contributed by atoms with Gasteiger partial charge in [-0.1, -0.05) is 30.3 Å². The van der Waals surface area contributed by atoms with Crippen LogP contribution in [0.3, 0.4) is 0 Å². The van der Waals surface area contributed by atoms with Crippen LogP contribution < -0.4 is 10.6 Å². The first-order valence-corrected chi connectivity index (χ1v) is 9.25. The average molecular weight is 358 g/mol. The van der Waals surface area contributed by atoms with Crippen LogP contribution >= 0.6 is 0 Å². The molecule has 4 amide bonds. The Balaban J connectivity index is 1.34. The SMILES string of the molecule is O=C(NCCCN1CCCC1=O)NC1CC(=O)N(Cc2ccccc2)C1. The molecule has 2 heterocycles. The lowest BCUT2D eigenvalue weighted by molar-refractivity contribution is -0.128. The highest BCUT2D eigenvalue weighted by Gasteiger charge is 2.30. The number of carbonyl (C=O) groups is 3. The second kappa shape index (κ2) is 8.69. The molecular weight excluding hydrogens is 332 g/mol. The molecule has 26 heavy (non-hydrogen) atoms. The summed E-state index contributed by atoms with van der Waals surface area (Å²) in [6.45, 7) is 3.13. The van der Waals surface area contributed by atoms with Crippen LogP contribution in [0.5, 0.6) is 0 Å². The molecule has 0 spiro atoms. The summed E-state index contributed by atoms with van der Waals surface area (Å²) in [5.74, 6) is 0.268. The Kier molecular flexibility index (Phi) is 6.09. The highest BCUT2D eigenvalue weighted by atomic mass is 16.2. The number of carbonyl (C=O) groups excluding carboxylic acids is 3. The normalized spacial score (nSPS) is 19.9. The van der Waals surface area contributed by atoms with E-state index in [1.807, 2.05) is 35.2 Å². The van der Waals surface area contributed by atoms with Gasteiger partial charge in [0.25, 0.3) is 0 Å². The standard InChI is InChI=1S/C19H26N4O3/c24-17-8-4-10-22(17)11-5-9-20-19(26)21-16-12-18(25)23(14-16)13-15-6-2-1-3-7-15/h1-3,6-7,16H,4-5,8-14H2,(H2,20,21,26). The van der Waals surface area contributed by atoms with E-state index in [9.17, 15) is 14.4 Å². The molecule has 2 N–H and O–H groups in total. The molecule has 140 valence electrons. The fourth-order valence-corrected chi connectivity index (χ4v) is 3.47. The summed E-state index contributed by atoms with van der Waals surface area (Å²) in [7, 11) is 0. The topological polar surface area (TPSA) is 81.8 Å². The van der Waals surface area contributed by atoms with Crippen LogP contribution in [0.1, 0.15) is 31.2 Å². The molecule has 2 aliphatic rings. The Morgan fingerprint density at radius 3 is 2.65 bits per heavy atom. The van der Waals surface area contributed by atoms with Gasteiger partial charge in [-0.05, 0) is 18.4 Å². The number of likely N-dealkylation sites (tertiary alicyclic amines) is 2. The third-order valence-electron chi connectivity index (χ3n) is 4.83. The second-order valence-corrected chi connectivity index (χ2v) is 6.90. The minimum Gasteiger partial charge on any atom is -0.343 e. The quantitative estimate of drug-likeness (QED) is 0.716. The molecule has 2 saturated heterocycles. The molecule has 7 nitrogen and oxygen atoms in total. The molecule has 1 atom stereocenters. The van der Waals surface area contributed by atoms with Gasteiger partial charge in [0.1, 0.15) is 0 Å². The number of amides is 4. The monoisotopic (exact) mass is 358 g/mol. The Hall–Kier alpha value is -2.57. The highest BCUT2D eigenvalue weighted by molar-refractivity contribution is 5.81. The van der Waals surface area contributed by atoms with Crippen molar-refractivity contribution >= 4 is 17.8 Å². The van der Waals surface area contributed by atoms with Gasteiger partial charge in [0.15, 0.2) is 0 Å². The second-order valence-electron chi connectivity index (χ2n) is 6.90. The van der Waals surface area contributed by atoms with E-state index in [1.54, 1.807) is 4.90 Å². The lowest BCUT2D eigenvalue weighted by atomic mass is 10.2. The van der Waals surface area contributed by atoms with Gasteiger partial charge in [-0.25, -0.2) is 4.79 Å². The smallest absolute Gasteiger partial charge is 0.315 e. The number of rotatable bonds is 7. The van der Waals surface area contributed by atoms with Gasteiger partial charge in [-0.15, -0.1) is 0 Å². The fraction of sp³-hybridized carbons (Fsp3) is 0.526. The minimum atomic E-state index is -0.253. The molecule has 0 aromatic heterocycles. The summed E-state index contributed by atoms with van der Waals surface area (Å²) in [5, 5.41) is 5.68. The lowest BCUT2D eigenvalue weighted by Crippen LogP contribution is -2.44. The van der Waals surface area contributed by atoms with Gasteiger partial charge in [0.05, 0.1) is 6.04 Å². The van der Waals surface area contributed by atoms with Crippen molar-refractivity contribution in [2.24, 2.45) is 0 Å². The van der Waals surface area contributed by atoms with Gasteiger partial charge in [0, 0.05) is 45.6 Å². The number of nitrogens with zero attached hydrogens (tertiary/aromatic N) is 2. The summed E-state index contributed by atoms with van der Waals surface area (Å²) in [5.41, 5.74) is 1.09. The number of hydrogen-bond acceptors (Lipinski definition) is 3. The van der Waals surface area contributed by atoms with E-state index in [2.05, 4.69) is 10.6 Å². The number of benzene rings is 1. The Labute approximate surface area is 153 Å². The van der Waals surface area contributed by atoms with E-state index < -0.39 is 0 Å². The Morgan fingerprint density at radius 1 is 1.12 bits per heavy atom. The molecular formula is C19H26N4O3. The molecule has 0 bridgehead atoms. The average Bonchev–Trinajstić information content (AvgIpc) is 3.18. The summed E-state index contributed by atoms with van der Waals surface area (Å²) >= 11 is 0. The van der Waals surface area contributed by atoms with Gasteiger partial charge in [-0.3, -0.25) is 9.59 Å². The van der Waals surface area contributed by atoms with Crippen molar-refractivity contribution in [2.75, 3.05) is 26.2 Å². The lowest BCUT2D eigenvalue weighted by Gasteiger charge is -2.18. The van der Waals surface area contributed by atoms with Gasteiger partial charge >= 0.3 is 6.03 Å². The zero-order chi connectivity index (χ0) is 18.4. The third kappa shape index (κ3) is 4.97. The summed E-state index contributed by atoms with van der Waals surface area (Å²) in [6, 6.07) is 9.42. The number of hydrogen-bond donors (Lipinski definition) is 2. The first-order valence-electron chi connectivity index (χ1n) is 9.25. The maximum Gasteiger partial charge on any atom is 0.315 e. The van der Waals surface area contributed by atoms with Crippen LogP contribution in [0.15, 0.2) is 30.3 Å². The van der Waals surface area contributed by atoms with E-state index in [4.69, 9.17) is 0 Å². The van der Waals surface area contributed by atoms with Crippen molar-refractivity contribution in [1.29, 1.82) is 0 Å². The molecule has 0 aliphatic carbocycles. The maximum atomic E-state index is 12.1. The van der Waals surface area contributed by atoms with Crippen LogP contribution in [-0.4, -0.2) is 59.9 Å². The number of urea groups is 1. The largest absolute Gasteiger partial charge is 0.343 e. The van der Waals surface area contributed by atoms with Crippen molar-refractivity contribution in [3.05, 3.63) is 35.9 Å². The van der Waals surface area contributed by atoms with E-state index in [1.165, 1.54) is 0 Å². The molecule has 1 aromatic rings. The maximum absolute atomic E-state index is 12.1. The summed E-state index contributed by atoms with van der Waals surface area (Å²) < 4.78 is 0. The van der Waals surface area contributed by atoms with Crippen molar-refractivity contribution in [1.82, 2.24) is 20.4 Å².